The first-order chi connectivity index (χ1) is 11.7. The number of sulfonamides is 1. The predicted molar refractivity (Wildman–Crippen MR) is 86.7 cm³/mol. The topological polar surface area (TPSA) is 83.9 Å². The molecule has 0 saturated carbocycles. The summed E-state index contributed by atoms with van der Waals surface area (Å²) >= 11 is 5.75. The molecule has 0 radical (unpaired) electrons. The zero-order valence-corrected chi connectivity index (χ0v) is 14.0. The second-order valence-corrected chi connectivity index (χ2v) is 7.03. The first-order valence-corrected chi connectivity index (χ1v) is 8.57. The Morgan fingerprint density at radius 3 is 2.16 bits per heavy atom. The van der Waals surface area contributed by atoms with Gasteiger partial charge in [0.25, 0.3) is 10.0 Å². The molecule has 6 nitrogen and oxygen atoms in total. The van der Waals surface area contributed by atoms with E-state index in [1.165, 1.54) is 24.3 Å². The Bertz CT molecular complexity index is 841. The summed E-state index contributed by atoms with van der Waals surface area (Å²) in [6.45, 7) is -3.86. The van der Waals surface area contributed by atoms with Crippen molar-refractivity contribution in [2.75, 3.05) is 10.8 Å². The molecule has 10 heteroatoms. The smallest absolute Gasteiger partial charge is 0.387 e. The molecule has 0 heterocycles. The van der Waals surface area contributed by atoms with E-state index in [0.717, 1.165) is 24.3 Å². The van der Waals surface area contributed by atoms with Crippen molar-refractivity contribution in [1.82, 2.24) is 0 Å². The first-order valence-electron chi connectivity index (χ1n) is 6.75. The minimum Gasteiger partial charge on any atom is -0.480 e. The van der Waals surface area contributed by atoms with E-state index in [2.05, 4.69) is 4.74 Å². The van der Waals surface area contributed by atoms with Crippen LogP contribution in [0.25, 0.3) is 0 Å². The summed E-state index contributed by atoms with van der Waals surface area (Å²) < 4.78 is 54.6. The molecule has 2 rings (SSSR count). The second-order valence-electron chi connectivity index (χ2n) is 4.73. The van der Waals surface area contributed by atoms with E-state index in [0.29, 0.717) is 9.33 Å². The molecular formula is C15H12ClF2NO5S. The van der Waals surface area contributed by atoms with Gasteiger partial charge in [-0.2, -0.15) is 8.78 Å². The predicted octanol–water partition coefficient (Wildman–Crippen LogP) is 3.22. The van der Waals surface area contributed by atoms with E-state index in [9.17, 15) is 22.0 Å². The molecule has 0 fully saturated rings. The highest BCUT2D eigenvalue weighted by Gasteiger charge is 2.27. The number of anilines is 1. The largest absolute Gasteiger partial charge is 0.480 e. The third-order valence-corrected chi connectivity index (χ3v) is 5.07. The summed E-state index contributed by atoms with van der Waals surface area (Å²) in [5.41, 5.74) is 0.0970. The van der Waals surface area contributed by atoms with Gasteiger partial charge < -0.3 is 9.84 Å². The van der Waals surface area contributed by atoms with Crippen molar-refractivity contribution in [1.29, 1.82) is 0 Å². The van der Waals surface area contributed by atoms with Crippen molar-refractivity contribution in [3.63, 3.8) is 0 Å². The van der Waals surface area contributed by atoms with Crippen molar-refractivity contribution >= 4 is 33.3 Å². The highest BCUT2D eigenvalue weighted by atomic mass is 35.5. The Morgan fingerprint density at radius 2 is 1.68 bits per heavy atom. The fourth-order valence-corrected chi connectivity index (χ4v) is 3.51. The van der Waals surface area contributed by atoms with Crippen molar-refractivity contribution < 1.29 is 31.8 Å². The summed E-state index contributed by atoms with van der Waals surface area (Å²) in [6, 6.07) is 9.77. The monoisotopic (exact) mass is 391 g/mol. The van der Waals surface area contributed by atoms with Crippen LogP contribution in [0.3, 0.4) is 0 Å². The van der Waals surface area contributed by atoms with E-state index >= 15 is 0 Å². The number of ether oxygens (including phenoxy) is 1. The average Bonchev–Trinajstić information content (AvgIpc) is 2.53. The first kappa shape index (κ1) is 18.9. The normalized spacial score (nSPS) is 11.4. The lowest BCUT2D eigenvalue weighted by atomic mass is 10.3. The number of alkyl halides is 2. The minimum absolute atomic E-state index is 0.0970. The molecule has 0 atom stereocenters. The van der Waals surface area contributed by atoms with Gasteiger partial charge in [0.15, 0.2) is 0 Å². The van der Waals surface area contributed by atoms with Gasteiger partial charge in [-0.15, -0.1) is 0 Å². The molecule has 25 heavy (non-hydrogen) atoms. The summed E-state index contributed by atoms with van der Waals surface area (Å²) in [6.07, 6.45) is 0. The Morgan fingerprint density at radius 1 is 1.12 bits per heavy atom. The van der Waals surface area contributed by atoms with Crippen molar-refractivity contribution in [2.45, 2.75) is 11.5 Å². The van der Waals surface area contributed by atoms with E-state index in [1.807, 2.05) is 0 Å². The highest BCUT2D eigenvalue weighted by molar-refractivity contribution is 7.92. The molecule has 0 aliphatic rings. The standard InChI is InChI=1S/C15H12ClF2NO5S/c16-10-1-3-11(4-2-10)19(9-14(20)21)25(22,23)13-7-5-12(6-8-13)24-15(17)18/h1-8,15H,9H2,(H,20,21). The maximum absolute atomic E-state index is 12.7. The van der Waals surface area contributed by atoms with Crippen LogP contribution < -0.4 is 9.04 Å². The molecular weight excluding hydrogens is 380 g/mol. The van der Waals surface area contributed by atoms with Crippen LogP contribution in [0.5, 0.6) is 5.75 Å². The summed E-state index contributed by atoms with van der Waals surface area (Å²) in [7, 11) is -4.24. The highest BCUT2D eigenvalue weighted by Crippen LogP contribution is 2.26. The molecule has 0 bridgehead atoms. The van der Waals surface area contributed by atoms with Gasteiger partial charge in [0.05, 0.1) is 10.6 Å². The molecule has 0 aliphatic heterocycles. The van der Waals surface area contributed by atoms with Crippen LogP contribution >= 0.6 is 11.6 Å². The van der Waals surface area contributed by atoms with E-state index in [-0.39, 0.29) is 16.3 Å². The number of carboxylic acids is 1. The van der Waals surface area contributed by atoms with Crippen molar-refractivity contribution in [3.8, 4) is 5.75 Å². The van der Waals surface area contributed by atoms with Crippen molar-refractivity contribution in [2.24, 2.45) is 0 Å². The van der Waals surface area contributed by atoms with Crippen LogP contribution in [0.15, 0.2) is 53.4 Å². The maximum Gasteiger partial charge on any atom is 0.387 e. The molecule has 0 saturated heterocycles. The molecule has 0 aromatic heterocycles. The van der Waals surface area contributed by atoms with Gasteiger partial charge in [0.1, 0.15) is 12.3 Å². The van der Waals surface area contributed by atoms with Crippen LogP contribution in [-0.4, -0.2) is 32.6 Å². The molecule has 0 spiro atoms. The number of benzene rings is 2. The number of hydrogen-bond acceptors (Lipinski definition) is 4. The SMILES string of the molecule is O=C(O)CN(c1ccc(Cl)cc1)S(=O)(=O)c1ccc(OC(F)F)cc1. The van der Waals surface area contributed by atoms with Crippen LogP contribution in [0.4, 0.5) is 14.5 Å². The van der Waals surface area contributed by atoms with Gasteiger partial charge in [-0.1, -0.05) is 11.6 Å². The fourth-order valence-electron chi connectivity index (χ4n) is 1.97. The molecule has 134 valence electrons. The zero-order chi connectivity index (χ0) is 18.6. The average molecular weight is 392 g/mol. The molecule has 0 amide bonds. The Labute approximate surface area is 147 Å². The number of halogens is 3. The van der Waals surface area contributed by atoms with E-state index in [1.54, 1.807) is 0 Å². The van der Waals surface area contributed by atoms with Crippen LogP contribution in [0, 0.1) is 0 Å². The van der Waals surface area contributed by atoms with Gasteiger partial charge in [-0.05, 0) is 48.5 Å². The van der Waals surface area contributed by atoms with Crippen LogP contribution in [0.1, 0.15) is 0 Å². The van der Waals surface area contributed by atoms with E-state index < -0.39 is 29.1 Å². The van der Waals surface area contributed by atoms with Crippen LogP contribution in [-0.2, 0) is 14.8 Å². The lowest BCUT2D eigenvalue weighted by Gasteiger charge is -2.23. The number of hydrogen-bond donors (Lipinski definition) is 1. The van der Waals surface area contributed by atoms with Gasteiger partial charge in [-0.3, -0.25) is 9.10 Å². The third kappa shape index (κ3) is 4.80. The maximum atomic E-state index is 12.7. The molecule has 0 aliphatic carbocycles. The quantitative estimate of drug-likeness (QED) is 0.783. The summed E-state index contributed by atoms with van der Waals surface area (Å²) in [4.78, 5) is 10.8. The molecule has 1 N–H and O–H groups in total. The molecule has 0 unspecified atom stereocenters. The fraction of sp³-hybridized carbons (Fsp3) is 0.133. The third-order valence-electron chi connectivity index (χ3n) is 3.03. The molecule has 2 aromatic carbocycles. The zero-order valence-electron chi connectivity index (χ0n) is 12.5. The number of carboxylic acid groups (broad SMARTS) is 1. The Hall–Kier alpha value is -2.39. The number of rotatable bonds is 7. The lowest BCUT2D eigenvalue weighted by Crippen LogP contribution is -2.35. The van der Waals surface area contributed by atoms with Gasteiger partial charge in [-0.25, -0.2) is 8.42 Å². The number of aliphatic carboxylic acids is 1. The number of carbonyl (C=O) groups is 1. The van der Waals surface area contributed by atoms with Gasteiger partial charge >= 0.3 is 12.6 Å². The lowest BCUT2D eigenvalue weighted by molar-refractivity contribution is -0.135. The minimum atomic E-state index is -4.24. The van der Waals surface area contributed by atoms with Crippen LogP contribution in [0.2, 0.25) is 5.02 Å². The van der Waals surface area contributed by atoms with Gasteiger partial charge in [0.2, 0.25) is 0 Å². The summed E-state index contributed by atoms with van der Waals surface area (Å²) in [5.74, 6) is -1.58. The Kier molecular flexibility index (Phi) is 5.81. The Balaban J connectivity index is 2.40. The second kappa shape index (κ2) is 7.66. The van der Waals surface area contributed by atoms with Gasteiger partial charge in [0, 0.05) is 5.02 Å². The summed E-state index contributed by atoms with van der Waals surface area (Å²) in [5, 5.41) is 9.37. The van der Waals surface area contributed by atoms with E-state index in [4.69, 9.17) is 16.7 Å². The molecule has 2 aromatic rings. The van der Waals surface area contributed by atoms with Crippen molar-refractivity contribution in [3.05, 3.63) is 53.6 Å². The number of nitrogens with zero attached hydrogens (tertiary/aromatic N) is 1.